The summed E-state index contributed by atoms with van der Waals surface area (Å²) in [6, 6.07) is 7.55. The summed E-state index contributed by atoms with van der Waals surface area (Å²) < 4.78 is 5.71. The van der Waals surface area contributed by atoms with Crippen molar-refractivity contribution < 1.29 is 4.74 Å². The van der Waals surface area contributed by atoms with Crippen LogP contribution in [0, 0.1) is 0 Å². The third-order valence-corrected chi connectivity index (χ3v) is 2.66. The summed E-state index contributed by atoms with van der Waals surface area (Å²) in [5.74, 6) is 0.829. The van der Waals surface area contributed by atoms with Crippen molar-refractivity contribution in [3.8, 4) is 5.75 Å². The number of hydrogen-bond acceptors (Lipinski definition) is 4. The molecule has 0 spiro atoms. The van der Waals surface area contributed by atoms with E-state index in [0.717, 1.165) is 23.3 Å². The maximum Gasteiger partial charge on any atom is 0.124 e. The fraction of sp³-hybridized carbons (Fsp3) is 0.286. The molecule has 2 rings (SSSR count). The summed E-state index contributed by atoms with van der Waals surface area (Å²) in [4.78, 5) is 7.98. The zero-order valence-electron chi connectivity index (χ0n) is 10.4. The number of nitrogens with two attached hydrogens (primary N) is 1. The van der Waals surface area contributed by atoms with Gasteiger partial charge < -0.3 is 10.5 Å². The highest BCUT2D eigenvalue weighted by Crippen LogP contribution is 2.27. The molecule has 1 aromatic heterocycles. The standard InChI is InChI=1S/C14H17N3O/c1-2-7-18-13-6-4-3-5-12(13)14(15)11-8-16-10-17-9-11/h3-6,8-10,14H,2,7,15H2,1H3. The molecule has 94 valence electrons. The van der Waals surface area contributed by atoms with E-state index >= 15 is 0 Å². The summed E-state index contributed by atoms with van der Waals surface area (Å²) in [5, 5.41) is 0. The van der Waals surface area contributed by atoms with E-state index in [4.69, 9.17) is 10.5 Å². The molecule has 1 aromatic carbocycles. The van der Waals surface area contributed by atoms with Crippen LogP contribution in [-0.4, -0.2) is 16.6 Å². The first-order valence-corrected chi connectivity index (χ1v) is 6.05. The van der Waals surface area contributed by atoms with Gasteiger partial charge in [0.1, 0.15) is 12.1 Å². The molecule has 0 bridgehead atoms. The number of ether oxygens (including phenoxy) is 1. The molecular formula is C14H17N3O. The van der Waals surface area contributed by atoms with E-state index in [0.29, 0.717) is 6.61 Å². The van der Waals surface area contributed by atoms with Crippen LogP contribution in [0.5, 0.6) is 5.75 Å². The Balaban J connectivity index is 2.27. The Bertz CT molecular complexity index is 487. The minimum Gasteiger partial charge on any atom is -0.493 e. The maximum absolute atomic E-state index is 6.23. The second-order valence-electron chi connectivity index (χ2n) is 4.04. The molecule has 0 aliphatic rings. The molecular weight excluding hydrogens is 226 g/mol. The van der Waals surface area contributed by atoms with Crippen LogP contribution in [0.1, 0.15) is 30.5 Å². The number of aromatic nitrogens is 2. The normalized spacial score (nSPS) is 12.1. The van der Waals surface area contributed by atoms with Gasteiger partial charge in [0.25, 0.3) is 0 Å². The Kier molecular flexibility index (Phi) is 4.25. The SMILES string of the molecule is CCCOc1ccccc1C(N)c1cncnc1. The van der Waals surface area contributed by atoms with Gasteiger partial charge in [0.15, 0.2) is 0 Å². The highest BCUT2D eigenvalue weighted by atomic mass is 16.5. The van der Waals surface area contributed by atoms with Crippen LogP contribution < -0.4 is 10.5 Å². The van der Waals surface area contributed by atoms with Crippen LogP contribution in [0.15, 0.2) is 43.0 Å². The van der Waals surface area contributed by atoms with Crippen molar-refractivity contribution in [3.05, 3.63) is 54.1 Å². The van der Waals surface area contributed by atoms with Gasteiger partial charge in [-0.3, -0.25) is 0 Å². The van der Waals surface area contributed by atoms with Gasteiger partial charge >= 0.3 is 0 Å². The molecule has 0 saturated heterocycles. The van der Waals surface area contributed by atoms with Gasteiger partial charge in [0.05, 0.1) is 12.6 Å². The lowest BCUT2D eigenvalue weighted by Gasteiger charge is -2.16. The van der Waals surface area contributed by atoms with E-state index in [1.807, 2.05) is 24.3 Å². The highest BCUT2D eigenvalue weighted by molar-refractivity contribution is 5.40. The van der Waals surface area contributed by atoms with E-state index in [1.54, 1.807) is 12.4 Å². The van der Waals surface area contributed by atoms with Gasteiger partial charge in [-0.05, 0) is 12.5 Å². The predicted octanol–water partition coefficient (Wildman–Crippen LogP) is 2.31. The Morgan fingerprint density at radius 3 is 2.67 bits per heavy atom. The molecule has 0 aliphatic carbocycles. The number of para-hydroxylation sites is 1. The lowest BCUT2D eigenvalue weighted by molar-refractivity contribution is 0.313. The summed E-state index contributed by atoms with van der Waals surface area (Å²) in [7, 11) is 0. The predicted molar refractivity (Wildman–Crippen MR) is 70.3 cm³/mol. The zero-order chi connectivity index (χ0) is 12.8. The van der Waals surface area contributed by atoms with Crippen LogP contribution in [0.4, 0.5) is 0 Å². The average Bonchev–Trinajstić information content (AvgIpc) is 2.45. The van der Waals surface area contributed by atoms with Crippen LogP contribution in [0.3, 0.4) is 0 Å². The first kappa shape index (κ1) is 12.5. The first-order valence-electron chi connectivity index (χ1n) is 6.05. The summed E-state index contributed by atoms with van der Waals surface area (Å²) in [6.07, 6.45) is 5.93. The van der Waals surface area contributed by atoms with Gasteiger partial charge in [-0.25, -0.2) is 9.97 Å². The van der Waals surface area contributed by atoms with Crippen molar-refractivity contribution in [3.63, 3.8) is 0 Å². The monoisotopic (exact) mass is 243 g/mol. The van der Waals surface area contributed by atoms with Gasteiger partial charge in [-0.15, -0.1) is 0 Å². The van der Waals surface area contributed by atoms with Gasteiger partial charge in [-0.1, -0.05) is 25.1 Å². The van der Waals surface area contributed by atoms with Crippen molar-refractivity contribution in [2.45, 2.75) is 19.4 Å². The van der Waals surface area contributed by atoms with Crippen LogP contribution in [0.25, 0.3) is 0 Å². The molecule has 2 aromatic rings. The fourth-order valence-corrected chi connectivity index (χ4v) is 1.73. The molecule has 0 fully saturated rings. The first-order chi connectivity index (χ1) is 8.83. The van der Waals surface area contributed by atoms with Crippen LogP contribution >= 0.6 is 0 Å². The molecule has 4 heteroatoms. The van der Waals surface area contributed by atoms with Gasteiger partial charge in [0.2, 0.25) is 0 Å². The lowest BCUT2D eigenvalue weighted by atomic mass is 10.0. The number of nitrogens with zero attached hydrogens (tertiary/aromatic N) is 2. The van der Waals surface area contributed by atoms with E-state index in [-0.39, 0.29) is 6.04 Å². The van der Waals surface area contributed by atoms with E-state index in [2.05, 4.69) is 16.9 Å². The van der Waals surface area contributed by atoms with Crippen molar-refractivity contribution in [2.75, 3.05) is 6.61 Å². The van der Waals surface area contributed by atoms with E-state index in [9.17, 15) is 0 Å². The molecule has 1 unspecified atom stereocenters. The molecule has 4 nitrogen and oxygen atoms in total. The minimum absolute atomic E-state index is 0.265. The van der Waals surface area contributed by atoms with Crippen molar-refractivity contribution in [1.29, 1.82) is 0 Å². The topological polar surface area (TPSA) is 61.0 Å². The minimum atomic E-state index is -0.265. The largest absolute Gasteiger partial charge is 0.493 e. The Morgan fingerprint density at radius 2 is 1.94 bits per heavy atom. The number of rotatable bonds is 5. The maximum atomic E-state index is 6.23. The second kappa shape index (κ2) is 6.12. The molecule has 1 atom stereocenters. The van der Waals surface area contributed by atoms with Gasteiger partial charge in [0, 0.05) is 23.5 Å². The summed E-state index contributed by atoms with van der Waals surface area (Å²) >= 11 is 0. The third kappa shape index (κ3) is 2.84. The number of benzene rings is 1. The molecule has 2 N–H and O–H groups in total. The Labute approximate surface area is 107 Å². The summed E-state index contributed by atoms with van der Waals surface area (Å²) in [5.41, 5.74) is 8.07. The third-order valence-electron chi connectivity index (χ3n) is 2.66. The molecule has 18 heavy (non-hydrogen) atoms. The van der Waals surface area contributed by atoms with Crippen LogP contribution in [-0.2, 0) is 0 Å². The van der Waals surface area contributed by atoms with Crippen LogP contribution in [0.2, 0.25) is 0 Å². The number of hydrogen-bond donors (Lipinski definition) is 1. The van der Waals surface area contributed by atoms with Crippen molar-refractivity contribution in [1.82, 2.24) is 9.97 Å². The zero-order valence-corrected chi connectivity index (χ0v) is 10.4. The van der Waals surface area contributed by atoms with Gasteiger partial charge in [-0.2, -0.15) is 0 Å². The van der Waals surface area contributed by atoms with E-state index in [1.165, 1.54) is 6.33 Å². The molecule has 0 aliphatic heterocycles. The lowest BCUT2D eigenvalue weighted by Crippen LogP contribution is -2.14. The highest BCUT2D eigenvalue weighted by Gasteiger charge is 2.14. The van der Waals surface area contributed by atoms with Crippen molar-refractivity contribution >= 4 is 0 Å². The Morgan fingerprint density at radius 1 is 1.22 bits per heavy atom. The molecule has 0 saturated carbocycles. The quantitative estimate of drug-likeness (QED) is 0.875. The fourth-order valence-electron chi connectivity index (χ4n) is 1.73. The molecule has 0 radical (unpaired) electrons. The molecule has 0 amide bonds. The van der Waals surface area contributed by atoms with E-state index < -0.39 is 0 Å². The van der Waals surface area contributed by atoms with Crippen molar-refractivity contribution in [2.24, 2.45) is 5.73 Å². The second-order valence-corrected chi connectivity index (χ2v) is 4.04. The Hall–Kier alpha value is -1.94. The summed E-state index contributed by atoms with van der Waals surface area (Å²) in [6.45, 7) is 2.77. The molecule has 1 heterocycles. The smallest absolute Gasteiger partial charge is 0.124 e. The average molecular weight is 243 g/mol.